The zero-order valence-corrected chi connectivity index (χ0v) is 16.2. The Bertz CT molecular complexity index is 776. The van der Waals surface area contributed by atoms with Crippen LogP contribution in [0.2, 0.25) is 0 Å². The quantitative estimate of drug-likeness (QED) is 0.833. The molecule has 27 heavy (non-hydrogen) atoms. The summed E-state index contributed by atoms with van der Waals surface area (Å²) in [4.78, 5) is 17.4. The van der Waals surface area contributed by atoms with Crippen molar-refractivity contribution in [3.63, 3.8) is 0 Å². The van der Waals surface area contributed by atoms with E-state index >= 15 is 0 Å². The van der Waals surface area contributed by atoms with Gasteiger partial charge in [0.15, 0.2) is 0 Å². The minimum absolute atomic E-state index is 0.192. The van der Waals surface area contributed by atoms with Crippen molar-refractivity contribution in [1.29, 1.82) is 0 Å². The van der Waals surface area contributed by atoms with Crippen molar-refractivity contribution in [2.75, 3.05) is 19.6 Å². The highest BCUT2D eigenvalue weighted by molar-refractivity contribution is 5.78. The summed E-state index contributed by atoms with van der Waals surface area (Å²) in [6, 6.07) is 8.25. The lowest BCUT2D eigenvalue weighted by Crippen LogP contribution is -2.33. The number of aryl methyl sites for hydroxylation is 2. The Hall–Kier alpha value is -2.21. The molecular formula is C21H29N5O. The highest BCUT2D eigenvalue weighted by Gasteiger charge is 2.24. The molecule has 0 saturated carbocycles. The molecule has 1 aromatic carbocycles. The summed E-state index contributed by atoms with van der Waals surface area (Å²) in [5.41, 5.74) is 4.47. The predicted molar refractivity (Wildman–Crippen MR) is 104 cm³/mol. The number of amides is 1. The van der Waals surface area contributed by atoms with Gasteiger partial charge >= 0.3 is 0 Å². The van der Waals surface area contributed by atoms with Crippen LogP contribution in [0.15, 0.2) is 24.3 Å². The minimum atomic E-state index is 0.192. The number of carbonyl (C=O) groups excluding carboxylic acids is 1. The summed E-state index contributed by atoms with van der Waals surface area (Å²) in [6.07, 6.45) is 5.26. The summed E-state index contributed by atoms with van der Waals surface area (Å²) in [6.45, 7) is 7.47. The van der Waals surface area contributed by atoms with Crippen LogP contribution in [0.25, 0.3) is 0 Å². The molecule has 0 radical (unpaired) electrons. The molecule has 2 aromatic rings. The fraction of sp³-hybridized carbons (Fsp3) is 0.571. The van der Waals surface area contributed by atoms with Crippen molar-refractivity contribution < 1.29 is 4.79 Å². The second kappa shape index (κ2) is 8.21. The summed E-state index contributed by atoms with van der Waals surface area (Å²) >= 11 is 0. The van der Waals surface area contributed by atoms with E-state index in [1.54, 1.807) is 0 Å². The maximum absolute atomic E-state index is 12.9. The van der Waals surface area contributed by atoms with E-state index in [2.05, 4.69) is 46.4 Å². The van der Waals surface area contributed by atoms with Crippen LogP contribution in [-0.2, 0) is 30.8 Å². The lowest BCUT2D eigenvalue weighted by Gasteiger charge is -2.26. The van der Waals surface area contributed by atoms with E-state index in [4.69, 9.17) is 0 Å². The maximum atomic E-state index is 12.9. The number of likely N-dealkylation sites (tertiary alicyclic amines) is 1. The molecule has 0 atom stereocenters. The van der Waals surface area contributed by atoms with Crippen LogP contribution in [-0.4, -0.2) is 50.3 Å². The van der Waals surface area contributed by atoms with Gasteiger partial charge in [-0.25, -0.2) is 4.68 Å². The van der Waals surface area contributed by atoms with E-state index in [0.717, 1.165) is 56.1 Å². The summed E-state index contributed by atoms with van der Waals surface area (Å²) in [5.74, 6) is 0.192. The van der Waals surface area contributed by atoms with Crippen LogP contribution < -0.4 is 0 Å². The fourth-order valence-corrected chi connectivity index (χ4v) is 4.05. The molecule has 1 fully saturated rings. The second-order valence-electron chi connectivity index (χ2n) is 7.87. The number of nitrogens with zero attached hydrogens (tertiary/aromatic N) is 5. The number of fused-ring (bicyclic) bond motifs is 1. The topological polar surface area (TPSA) is 54.3 Å². The van der Waals surface area contributed by atoms with Gasteiger partial charge in [0.05, 0.1) is 18.7 Å². The predicted octanol–water partition coefficient (Wildman–Crippen LogP) is 2.55. The molecule has 3 heterocycles. The molecule has 6 heteroatoms. The van der Waals surface area contributed by atoms with Crippen LogP contribution in [0.3, 0.4) is 0 Å². The van der Waals surface area contributed by atoms with Crippen LogP contribution in [0.5, 0.6) is 0 Å². The Morgan fingerprint density at radius 2 is 1.78 bits per heavy atom. The normalized spacial score (nSPS) is 18.2. The fourth-order valence-electron chi connectivity index (χ4n) is 4.05. The first-order valence-electron chi connectivity index (χ1n) is 10.2. The Morgan fingerprint density at radius 3 is 2.56 bits per heavy atom. The standard InChI is InChI=1S/C21H29N5O/c1-17-6-8-18(9-7-17)14-21(27)25-12-5-13-26-20(16-25)19(22-23-26)15-24-10-3-2-4-11-24/h6-9H,2-5,10-16H2,1H3. The number of benzene rings is 1. The van der Waals surface area contributed by atoms with Crippen molar-refractivity contribution in [1.82, 2.24) is 24.8 Å². The van der Waals surface area contributed by atoms with Gasteiger partial charge in [0.2, 0.25) is 5.91 Å². The molecule has 1 amide bonds. The Balaban J connectivity index is 1.45. The molecule has 144 valence electrons. The van der Waals surface area contributed by atoms with Crippen LogP contribution in [0.4, 0.5) is 0 Å². The van der Waals surface area contributed by atoms with Crippen molar-refractivity contribution in [2.24, 2.45) is 0 Å². The molecule has 0 bridgehead atoms. The SMILES string of the molecule is Cc1ccc(CC(=O)N2CCCn3nnc(CN4CCCCC4)c3C2)cc1. The van der Waals surface area contributed by atoms with Crippen molar-refractivity contribution in [2.45, 2.75) is 58.7 Å². The van der Waals surface area contributed by atoms with Gasteiger partial charge < -0.3 is 4.90 Å². The van der Waals surface area contributed by atoms with E-state index in [9.17, 15) is 4.79 Å². The highest BCUT2D eigenvalue weighted by Crippen LogP contribution is 2.19. The van der Waals surface area contributed by atoms with Gasteiger partial charge in [0.25, 0.3) is 0 Å². The first-order valence-corrected chi connectivity index (χ1v) is 10.2. The largest absolute Gasteiger partial charge is 0.336 e. The number of rotatable bonds is 4. The van der Waals surface area contributed by atoms with Gasteiger partial charge in [-0.15, -0.1) is 5.10 Å². The molecule has 0 N–H and O–H groups in total. The average molecular weight is 367 g/mol. The molecule has 1 aromatic heterocycles. The van der Waals surface area contributed by atoms with Crippen molar-refractivity contribution in [3.8, 4) is 0 Å². The zero-order chi connectivity index (χ0) is 18.6. The Kier molecular flexibility index (Phi) is 5.53. The first kappa shape index (κ1) is 18.2. The first-order chi connectivity index (χ1) is 13.2. The molecule has 0 aliphatic carbocycles. The lowest BCUT2D eigenvalue weighted by atomic mass is 10.1. The molecule has 1 saturated heterocycles. The van der Waals surface area contributed by atoms with E-state index in [0.29, 0.717) is 13.0 Å². The van der Waals surface area contributed by atoms with Crippen molar-refractivity contribution >= 4 is 5.91 Å². The summed E-state index contributed by atoms with van der Waals surface area (Å²) in [5, 5.41) is 8.83. The van der Waals surface area contributed by atoms with Gasteiger partial charge in [-0.2, -0.15) is 0 Å². The smallest absolute Gasteiger partial charge is 0.227 e. The lowest BCUT2D eigenvalue weighted by molar-refractivity contribution is -0.131. The molecule has 2 aliphatic rings. The molecule has 4 rings (SSSR count). The highest BCUT2D eigenvalue weighted by atomic mass is 16.2. The molecule has 0 unspecified atom stereocenters. The van der Waals surface area contributed by atoms with Crippen LogP contribution in [0.1, 0.15) is 48.2 Å². The molecular weight excluding hydrogens is 338 g/mol. The third-order valence-corrected chi connectivity index (χ3v) is 5.71. The monoisotopic (exact) mass is 367 g/mol. The van der Waals surface area contributed by atoms with Gasteiger partial charge in [-0.3, -0.25) is 9.69 Å². The van der Waals surface area contributed by atoms with Gasteiger partial charge in [0, 0.05) is 19.6 Å². The van der Waals surface area contributed by atoms with Gasteiger partial charge in [-0.05, 0) is 44.8 Å². The third kappa shape index (κ3) is 4.38. The van der Waals surface area contributed by atoms with E-state index in [1.807, 2.05) is 9.58 Å². The maximum Gasteiger partial charge on any atom is 0.227 e. The molecule has 6 nitrogen and oxygen atoms in total. The average Bonchev–Trinajstić information content (AvgIpc) is 2.92. The van der Waals surface area contributed by atoms with Crippen LogP contribution >= 0.6 is 0 Å². The zero-order valence-electron chi connectivity index (χ0n) is 16.2. The third-order valence-electron chi connectivity index (χ3n) is 5.71. The second-order valence-corrected chi connectivity index (χ2v) is 7.87. The molecule has 0 spiro atoms. The number of carbonyl (C=O) groups is 1. The number of hydrogen-bond acceptors (Lipinski definition) is 4. The van der Waals surface area contributed by atoms with E-state index in [1.165, 1.54) is 24.8 Å². The number of hydrogen-bond donors (Lipinski definition) is 0. The van der Waals surface area contributed by atoms with E-state index < -0.39 is 0 Å². The van der Waals surface area contributed by atoms with Gasteiger partial charge in [0.1, 0.15) is 5.69 Å². The summed E-state index contributed by atoms with van der Waals surface area (Å²) < 4.78 is 2.01. The van der Waals surface area contributed by atoms with Gasteiger partial charge in [-0.1, -0.05) is 41.5 Å². The summed E-state index contributed by atoms with van der Waals surface area (Å²) in [7, 11) is 0. The number of aromatic nitrogens is 3. The van der Waals surface area contributed by atoms with Crippen molar-refractivity contribution in [3.05, 3.63) is 46.8 Å². The van der Waals surface area contributed by atoms with Crippen LogP contribution in [0, 0.1) is 6.92 Å². The van der Waals surface area contributed by atoms with E-state index in [-0.39, 0.29) is 5.91 Å². The Morgan fingerprint density at radius 1 is 1.00 bits per heavy atom. The Labute approximate surface area is 161 Å². The molecule has 2 aliphatic heterocycles. The number of piperidine rings is 1. The minimum Gasteiger partial charge on any atom is -0.336 e.